The van der Waals surface area contributed by atoms with E-state index >= 15 is 0 Å². The number of rotatable bonds is 7. The summed E-state index contributed by atoms with van der Waals surface area (Å²) < 4.78 is 6.76. The summed E-state index contributed by atoms with van der Waals surface area (Å²) in [5.74, 6) is 0.311. The van der Waals surface area contributed by atoms with Crippen molar-refractivity contribution in [2.75, 3.05) is 26.0 Å². The molecule has 0 fully saturated rings. The van der Waals surface area contributed by atoms with Gasteiger partial charge in [-0.1, -0.05) is 29.8 Å². The van der Waals surface area contributed by atoms with Gasteiger partial charge in [0.15, 0.2) is 5.65 Å². The molecule has 0 spiro atoms. The van der Waals surface area contributed by atoms with Crippen LogP contribution in [-0.4, -0.2) is 45.9 Å². The predicted molar refractivity (Wildman–Crippen MR) is 109 cm³/mol. The molecule has 1 aromatic carbocycles. The number of fused-ring (bicyclic) bond motifs is 1. The van der Waals surface area contributed by atoms with E-state index in [-0.39, 0.29) is 5.91 Å². The number of benzene rings is 1. The number of nitrogen functional groups attached to an aromatic ring is 1. The highest BCUT2D eigenvalue weighted by Crippen LogP contribution is 2.32. The van der Waals surface area contributed by atoms with Gasteiger partial charge in [-0.05, 0) is 20.8 Å². The third-order valence-electron chi connectivity index (χ3n) is 4.64. The Morgan fingerprint density at radius 1 is 1.25 bits per heavy atom. The quantitative estimate of drug-likeness (QED) is 0.649. The van der Waals surface area contributed by atoms with Gasteiger partial charge in [0.25, 0.3) is 0 Å². The number of amides is 1. The first-order valence-electron chi connectivity index (χ1n) is 9.16. The standard InChI is InChI=1S/C20H26N6O2/c1-13-5-7-14(8-6-13)17-16-18(21)23-12-24-19(16)26(25-17)20(2,3)11-22-15(27)9-10-28-4/h5-8,12H,9-11H2,1-4H3,(H,22,27)(H2,21,23,24). The lowest BCUT2D eigenvalue weighted by Crippen LogP contribution is -2.41. The molecular formula is C20H26N6O2. The lowest BCUT2D eigenvalue weighted by atomic mass is 10.1. The summed E-state index contributed by atoms with van der Waals surface area (Å²) in [5.41, 5.74) is 9.12. The van der Waals surface area contributed by atoms with Crippen molar-refractivity contribution >= 4 is 22.8 Å². The van der Waals surface area contributed by atoms with Gasteiger partial charge in [0.05, 0.1) is 17.5 Å². The lowest BCUT2D eigenvalue weighted by molar-refractivity contribution is -0.122. The number of hydrogen-bond donors (Lipinski definition) is 2. The maximum atomic E-state index is 12.0. The van der Waals surface area contributed by atoms with Crippen molar-refractivity contribution in [2.24, 2.45) is 0 Å². The van der Waals surface area contributed by atoms with Crippen LogP contribution in [0.1, 0.15) is 25.8 Å². The van der Waals surface area contributed by atoms with Crippen LogP contribution in [0.4, 0.5) is 5.82 Å². The van der Waals surface area contributed by atoms with Crippen LogP contribution >= 0.6 is 0 Å². The first-order valence-corrected chi connectivity index (χ1v) is 9.16. The number of aryl methyl sites for hydroxylation is 1. The third-order valence-corrected chi connectivity index (χ3v) is 4.64. The predicted octanol–water partition coefficient (Wildman–Crippen LogP) is 2.27. The van der Waals surface area contributed by atoms with Crippen molar-refractivity contribution in [3.8, 4) is 11.3 Å². The highest BCUT2D eigenvalue weighted by molar-refractivity contribution is 5.98. The van der Waals surface area contributed by atoms with E-state index in [9.17, 15) is 4.79 Å². The van der Waals surface area contributed by atoms with E-state index in [0.29, 0.717) is 36.4 Å². The van der Waals surface area contributed by atoms with E-state index in [1.807, 2.05) is 49.7 Å². The van der Waals surface area contributed by atoms with Crippen LogP contribution in [0.5, 0.6) is 0 Å². The molecule has 3 aromatic rings. The normalized spacial score (nSPS) is 11.7. The molecule has 1 amide bonds. The van der Waals surface area contributed by atoms with Crippen molar-refractivity contribution in [3.63, 3.8) is 0 Å². The Kier molecular flexibility index (Phi) is 5.60. The van der Waals surface area contributed by atoms with E-state index in [0.717, 1.165) is 16.8 Å². The number of ether oxygens (including phenoxy) is 1. The Balaban J connectivity index is 2.00. The summed E-state index contributed by atoms with van der Waals surface area (Å²) in [6.07, 6.45) is 1.75. The molecule has 0 radical (unpaired) electrons. The fourth-order valence-corrected chi connectivity index (χ4v) is 2.98. The second-order valence-corrected chi connectivity index (χ2v) is 7.42. The molecular weight excluding hydrogens is 356 g/mol. The Morgan fingerprint density at radius 3 is 2.64 bits per heavy atom. The molecule has 3 N–H and O–H groups in total. The molecule has 0 aliphatic carbocycles. The summed E-state index contributed by atoms with van der Waals surface area (Å²) in [4.78, 5) is 20.6. The zero-order chi connectivity index (χ0) is 20.3. The number of aromatic nitrogens is 4. The van der Waals surface area contributed by atoms with Crippen LogP contribution in [0.2, 0.25) is 0 Å². The molecule has 0 bridgehead atoms. The van der Waals surface area contributed by atoms with Gasteiger partial charge < -0.3 is 15.8 Å². The molecule has 2 heterocycles. The molecule has 0 aliphatic heterocycles. The van der Waals surface area contributed by atoms with Crippen molar-refractivity contribution < 1.29 is 9.53 Å². The summed E-state index contributed by atoms with van der Waals surface area (Å²) in [5, 5.41) is 8.47. The summed E-state index contributed by atoms with van der Waals surface area (Å²) >= 11 is 0. The van der Waals surface area contributed by atoms with Gasteiger partial charge in [-0.2, -0.15) is 5.10 Å². The maximum Gasteiger partial charge on any atom is 0.222 e. The van der Waals surface area contributed by atoms with Crippen molar-refractivity contribution in [3.05, 3.63) is 36.2 Å². The van der Waals surface area contributed by atoms with Crippen LogP contribution in [0.15, 0.2) is 30.6 Å². The largest absolute Gasteiger partial charge is 0.384 e. The molecule has 3 rings (SSSR count). The minimum atomic E-state index is -0.523. The van der Waals surface area contributed by atoms with Crippen molar-refractivity contribution in [1.29, 1.82) is 0 Å². The van der Waals surface area contributed by atoms with Gasteiger partial charge in [-0.3, -0.25) is 4.79 Å². The van der Waals surface area contributed by atoms with Gasteiger partial charge in [0.2, 0.25) is 5.91 Å². The number of nitrogens with one attached hydrogen (secondary N) is 1. The van der Waals surface area contributed by atoms with Crippen LogP contribution in [-0.2, 0) is 15.1 Å². The molecule has 8 nitrogen and oxygen atoms in total. The summed E-state index contributed by atoms with van der Waals surface area (Å²) in [7, 11) is 1.57. The Morgan fingerprint density at radius 2 is 1.96 bits per heavy atom. The number of nitrogens with two attached hydrogens (primary N) is 1. The molecule has 2 aromatic heterocycles. The third kappa shape index (κ3) is 3.96. The van der Waals surface area contributed by atoms with Gasteiger partial charge >= 0.3 is 0 Å². The number of methoxy groups -OCH3 is 1. The lowest BCUT2D eigenvalue weighted by Gasteiger charge is -2.26. The van der Waals surface area contributed by atoms with Crippen LogP contribution in [0.3, 0.4) is 0 Å². The average Bonchev–Trinajstić information content (AvgIpc) is 3.07. The second kappa shape index (κ2) is 7.93. The second-order valence-electron chi connectivity index (χ2n) is 7.42. The summed E-state index contributed by atoms with van der Waals surface area (Å²) in [6.45, 7) is 6.80. The molecule has 0 saturated heterocycles. The fourth-order valence-electron chi connectivity index (χ4n) is 2.98. The van der Waals surface area contributed by atoms with Crippen LogP contribution in [0, 0.1) is 6.92 Å². The van der Waals surface area contributed by atoms with E-state index < -0.39 is 5.54 Å². The summed E-state index contributed by atoms with van der Waals surface area (Å²) in [6, 6.07) is 8.07. The Bertz CT molecular complexity index is 978. The molecule has 28 heavy (non-hydrogen) atoms. The number of hydrogen-bond acceptors (Lipinski definition) is 6. The zero-order valence-corrected chi connectivity index (χ0v) is 16.7. The van der Waals surface area contributed by atoms with Gasteiger partial charge in [0.1, 0.15) is 17.8 Å². The van der Waals surface area contributed by atoms with E-state index in [1.54, 1.807) is 7.11 Å². The number of anilines is 1. The SMILES string of the molecule is COCCC(=O)NCC(C)(C)n1nc(-c2ccc(C)cc2)c2c(N)ncnc21. The highest BCUT2D eigenvalue weighted by Gasteiger charge is 2.28. The maximum absolute atomic E-state index is 12.0. The van der Waals surface area contributed by atoms with Crippen molar-refractivity contribution in [2.45, 2.75) is 32.7 Å². The smallest absolute Gasteiger partial charge is 0.222 e. The van der Waals surface area contributed by atoms with Crippen LogP contribution < -0.4 is 11.1 Å². The van der Waals surface area contributed by atoms with Gasteiger partial charge in [-0.25, -0.2) is 14.6 Å². The minimum absolute atomic E-state index is 0.0701. The molecule has 0 atom stereocenters. The first-order chi connectivity index (χ1) is 13.3. The number of carbonyl (C=O) groups excluding carboxylic acids is 1. The molecule has 148 valence electrons. The monoisotopic (exact) mass is 382 g/mol. The van der Waals surface area contributed by atoms with Crippen molar-refractivity contribution in [1.82, 2.24) is 25.1 Å². The van der Waals surface area contributed by atoms with E-state index in [4.69, 9.17) is 15.6 Å². The van der Waals surface area contributed by atoms with Gasteiger partial charge in [0, 0.05) is 25.6 Å². The molecule has 0 aliphatic rings. The van der Waals surface area contributed by atoms with E-state index in [1.165, 1.54) is 6.33 Å². The minimum Gasteiger partial charge on any atom is -0.384 e. The highest BCUT2D eigenvalue weighted by atomic mass is 16.5. The zero-order valence-electron chi connectivity index (χ0n) is 16.7. The first kappa shape index (κ1) is 19.8. The molecule has 0 saturated carbocycles. The van der Waals surface area contributed by atoms with Crippen LogP contribution in [0.25, 0.3) is 22.3 Å². The Labute approximate surface area is 164 Å². The number of nitrogens with zero attached hydrogens (tertiary/aromatic N) is 4. The molecule has 8 heteroatoms. The van der Waals surface area contributed by atoms with E-state index in [2.05, 4.69) is 15.3 Å². The average molecular weight is 382 g/mol. The fraction of sp³-hybridized carbons (Fsp3) is 0.400. The van der Waals surface area contributed by atoms with Gasteiger partial charge in [-0.15, -0.1) is 0 Å². The topological polar surface area (TPSA) is 108 Å². The molecule has 0 unspecified atom stereocenters. The number of carbonyl (C=O) groups is 1. The Hall–Kier alpha value is -3.00.